The smallest absolute Gasteiger partial charge is 0.223 e. The molecule has 0 aromatic carbocycles. The minimum Gasteiger partial charge on any atom is -0.393 e. The maximum absolute atomic E-state index is 10.7. The predicted molar refractivity (Wildman–Crippen MR) is 44.4 cm³/mol. The van der Waals surface area contributed by atoms with Crippen LogP contribution in [-0.2, 0) is 4.79 Å². The first-order valence-corrected chi connectivity index (χ1v) is 3.35. The zero-order valence-electron chi connectivity index (χ0n) is 6.18. The minimum atomic E-state index is -0.605. The summed E-state index contributed by atoms with van der Waals surface area (Å²) in [6, 6.07) is 0. The maximum Gasteiger partial charge on any atom is 0.223 e. The fourth-order valence-electron chi connectivity index (χ4n) is 0.523. The summed E-state index contributed by atoms with van der Waals surface area (Å²) >= 11 is 4.63. The van der Waals surface area contributed by atoms with Gasteiger partial charge in [-0.1, -0.05) is 26.1 Å². The molecule has 0 saturated heterocycles. The van der Waals surface area contributed by atoms with E-state index in [9.17, 15) is 4.79 Å². The third-order valence-electron chi connectivity index (χ3n) is 1.28. The van der Waals surface area contributed by atoms with Gasteiger partial charge in [0.1, 0.15) is 0 Å². The fourth-order valence-corrected chi connectivity index (χ4v) is 0.884. The molecule has 0 heterocycles. The molecular weight excluding hydrogens is 148 g/mol. The number of hydrogen-bond acceptors (Lipinski definition) is 2. The second-order valence-corrected chi connectivity index (χ2v) is 3.42. The molecule has 0 aliphatic carbocycles. The maximum atomic E-state index is 10.7. The van der Waals surface area contributed by atoms with Crippen molar-refractivity contribution in [2.75, 3.05) is 0 Å². The van der Waals surface area contributed by atoms with Crippen LogP contribution >= 0.6 is 12.2 Å². The lowest BCUT2D eigenvalue weighted by Crippen LogP contribution is -2.34. The number of nitrogens with two attached hydrogens (primary N) is 2. The molecule has 4 heteroatoms. The molecule has 0 bridgehead atoms. The lowest BCUT2D eigenvalue weighted by Gasteiger charge is -2.18. The second-order valence-electron chi connectivity index (χ2n) is 2.89. The molecule has 0 radical (unpaired) electrons. The van der Waals surface area contributed by atoms with Crippen LogP contribution < -0.4 is 11.5 Å². The Morgan fingerprint density at radius 2 is 1.90 bits per heavy atom. The quantitative estimate of drug-likeness (QED) is 0.578. The molecule has 58 valence electrons. The molecule has 0 atom stereocenters. The van der Waals surface area contributed by atoms with Gasteiger partial charge in [-0.2, -0.15) is 0 Å². The number of amides is 1. The first kappa shape index (κ1) is 9.36. The average Bonchev–Trinajstić information content (AvgIpc) is 1.60. The number of hydrogen-bond donors (Lipinski definition) is 2. The van der Waals surface area contributed by atoms with E-state index in [0.717, 1.165) is 0 Å². The van der Waals surface area contributed by atoms with E-state index in [2.05, 4.69) is 12.2 Å². The highest BCUT2D eigenvalue weighted by atomic mass is 32.1. The molecule has 0 aliphatic rings. The van der Waals surface area contributed by atoms with Crippen molar-refractivity contribution in [3.05, 3.63) is 0 Å². The predicted octanol–water partition coefficient (Wildman–Crippen LogP) is 0.174. The van der Waals surface area contributed by atoms with Gasteiger partial charge in [0.25, 0.3) is 0 Å². The topological polar surface area (TPSA) is 69.1 Å². The van der Waals surface area contributed by atoms with Gasteiger partial charge in [-0.15, -0.1) is 0 Å². The van der Waals surface area contributed by atoms with E-state index in [1.54, 1.807) is 13.8 Å². The van der Waals surface area contributed by atoms with Crippen LogP contribution in [0.1, 0.15) is 20.3 Å². The van der Waals surface area contributed by atoms with Crippen LogP contribution in [0.5, 0.6) is 0 Å². The Hall–Kier alpha value is -0.640. The molecule has 0 rings (SSSR count). The van der Waals surface area contributed by atoms with E-state index in [-0.39, 0.29) is 5.91 Å². The summed E-state index contributed by atoms with van der Waals surface area (Å²) in [4.78, 5) is 11.0. The Labute approximate surface area is 65.8 Å². The second kappa shape index (κ2) is 2.96. The third kappa shape index (κ3) is 2.77. The highest BCUT2D eigenvalue weighted by Crippen LogP contribution is 2.18. The molecule has 4 N–H and O–H groups in total. The number of thiocarbonyl (C=S) groups is 1. The van der Waals surface area contributed by atoms with Crippen molar-refractivity contribution >= 4 is 23.1 Å². The molecule has 0 aromatic rings. The van der Waals surface area contributed by atoms with Crippen molar-refractivity contribution in [2.24, 2.45) is 16.9 Å². The molecule has 0 aromatic heterocycles. The largest absolute Gasteiger partial charge is 0.393 e. The molecule has 0 aliphatic heterocycles. The van der Waals surface area contributed by atoms with Crippen molar-refractivity contribution in [1.29, 1.82) is 0 Å². The molecule has 0 fully saturated rings. The van der Waals surface area contributed by atoms with Gasteiger partial charge in [-0.3, -0.25) is 4.79 Å². The molecule has 0 saturated carbocycles. The molecule has 0 spiro atoms. The van der Waals surface area contributed by atoms with Gasteiger partial charge in [0.2, 0.25) is 5.91 Å². The van der Waals surface area contributed by atoms with Crippen molar-refractivity contribution in [3.8, 4) is 0 Å². The van der Waals surface area contributed by atoms with E-state index < -0.39 is 5.41 Å². The van der Waals surface area contributed by atoms with Gasteiger partial charge in [-0.05, 0) is 0 Å². The van der Waals surface area contributed by atoms with Crippen molar-refractivity contribution in [1.82, 2.24) is 0 Å². The van der Waals surface area contributed by atoms with Crippen molar-refractivity contribution < 1.29 is 4.79 Å². The van der Waals surface area contributed by atoms with Gasteiger partial charge in [0, 0.05) is 11.8 Å². The van der Waals surface area contributed by atoms with Crippen LogP contribution in [0.25, 0.3) is 0 Å². The van der Waals surface area contributed by atoms with Crippen LogP contribution in [0.4, 0.5) is 0 Å². The zero-order valence-corrected chi connectivity index (χ0v) is 6.99. The number of primary amides is 1. The Balaban J connectivity index is 4.13. The Kier molecular flexibility index (Phi) is 2.77. The molecule has 1 amide bonds. The van der Waals surface area contributed by atoms with E-state index >= 15 is 0 Å². The van der Waals surface area contributed by atoms with Crippen LogP contribution in [0.2, 0.25) is 0 Å². The van der Waals surface area contributed by atoms with Crippen LogP contribution in [-0.4, -0.2) is 10.9 Å². The van der Waals surface area contributed by atoms with E-state index in [1.165, 1.54) is 0 Å². The van der Waals surface area contributed by atoms with Gasteiger partial charge in [0.15, 0.2) is 0 Å². The SMILES string of the molecule is CC(C)(CC(N)=S)C(N)=O. The standard InChI is InChI=1S/C6H12N2OS/c1-6(2,5(8)9)3-4(7)10/h3H2,1-2H3,(H2,7,10)(H2,8,9). The third-order valence-corrected chi connectivity index (χ3v) is 1.43. The summed E-state index contributed by atoms with van der Waals surface area (Å²) in [5.74, 6) is -0.375. The van der Waals surface area contributed by atoms with Gasteiger partial charge in [0.05, 0.1) is 4.99 Å². The summed E-state index contributed by atoms with van der Waals surface area (Å²) in [6.07, 6.45) is 0.373. The van der Waals surface area contributed by atoms with Gasteiger partial charge >= 0.3 is 0 Å². The Bertz CT molecular complexity index is 165. The summed E-state index contributed by atoms with van der Waals surface area (Å²) in [5.41, 5.74) is 9.70. The highest BCUT2D eigenvalue weighted by molar-refractivity contribution is 7.80. The van der Waals surface area contributed by atoms with E-state index in [0.29, 0.717) is 11.4 Å². The normalized spacial score (nSPS) is 11.0. The first-order chi connectivity index (χ1) is 4.36. The number of carbonyl (C=O) groups excluding carboxylic acids is 1. The van der Waals surface area contributed by atoms with E-state index in [4.69, 9.17) is 11.5 Å². The molecule has 3 nitrogen and oxygen atoms in total. The zero-order chi connectivity index (χ0) is 8.36. The van der Waals surface area contributed by atoms with Crippen LogP contribution in [0.15, 0.2) is 0 Å². The average molecular weight is 160 g/mol. The summed E-state index contributed by atoms with van der Waals surface area (Å²) in [5, 5.41) is 0. The summed E-state index contributed by atoms with van der Waals surface area (Å²) in [6.45, 7) is 3.43. The Morgan fingerprint density at radius 3 is 2.00 bits per heavy atom. The van der Waals surface area contributed by atoms with Gasteiger partial charge < -0.3 is 11.5 Å². The molecule has 0 unspecified atom stereocenters. The van der Waals surface area contributed by atoms with Gasteiger partial charge in [-0.25, -0.2) is 0 Å². The van der Waals surface area contributed by atoms with Crippen molar-refractivity contribution in [2.45, 2.75) is 20.3 Å². The first-order valence-electron chi connectivity index (χ1n) is 2.94. The lowest BCUT2D eigenvalue weighted by atomic mass is 9.89. The van der Waals surface area contributed by atoms with Crippen LogP contribution in [0, 0.1) is 5.41 Å². The fraction of sp³-hybridized carbons (Fsp3) is 0.667. The summed E-state index contributed by atoms with van der Waals surface area (Å²) in [7, 11) is 0. The lowest BCUT2D eigenvalue weighted by molar-refractivity contribution is -0.125. The molecular formula is C6H12N2OS. The monoisotopic (exact) mass is 160 g/mol. The Morgan fingerprint density at radius 1 is 1.50 bits per heavy atom. The number of carbonyl (C=O) groups is 1. The van der Waals surface area contributed by atoms with Crippen LogP contribution in [0.3, 0.4) is 0 Å². The van der Waals surface area contributed by atoms with E-state index in [1.807, 2.05) is 0 Å². The number of rotatable bonds is 3. The summed E-state index contributed by atoms with van der Waals surface area (Å²) < 4.78 is 0. The minimum absolute atomic E-state index is 0.323. The van der Waals surface area contributed by atoms with Crippen molar-refractivity contribution in [3.63, 3.8) is 0 Å². The highest BCUT2D eigenvalue weighted by Gasteiger charge is 2.25. The molecule has 10 heavy (non-hydrogen) atoms.